The predicted octanol–water partition coefficient (Wildman–Crippen LogP) is 4.40. The number of hydrogen-bond acceptors (Lipinski definition) is 7. The second-order valence-electron chi connectivity index (χ2n) is 7.52. The molecule has 0 aliphatic carbocycles. The van der Waals surface area contributed by atoms with Crippen molar-refractivity contribution in [3.8, 4) is 5.75 Å². The Kier molecular flexibility index (Phi) is 5.95. The first kappa shape index (κ1) is 21.3. The molecule has 3 heterocycles. The summed E-state index contributed by atoms with van der Waals surface area (Å²) in [5, 5.41) is 24.3. The molecule has 31 heavy (non-hydrogen) atoms. The first-order valence-electron chi connectivity index (χ1n) is 9.69. The van der Waals surface area contributed by atoms with Crippen LogP contribution in [0.3, 0.4) is 0 Å². The molecule has 1 amide bonds. The highest BCUT2D eigenvalue weighted by molar-refractivity contribution is 7.12. The average Bonchev–Trinajstić information content (AvgIpc) is 3.50. The van der Waals surface area contributed by atoms with E-state index >= 15 is 0 Å². The standard InChI is InChI=1S/C23H22N2O4S2/c1-24(2)16(17-5-3-11-30-17)13-25-20(14-7-9-15(26)10-8-14)19(22(28)23(25)29)21(27)18-6-4-12-31-18/h3-12,16,20,26,28H,13H2,1-2H3. The molecule has 2 N–H and O–H groups in total. The Balaban J connectivity index is 1.78. The number of Topliss-reactive ketones (excluding diaryl/α,β-unsaturated/α-hetero) is 1. The Bertz CT molecular complexity index is 1100. The predicted molar refractivity (Wildman–Crippen MR) is 122 cm³/mol. The van der Waals surface area contributed by atoms with Gasteiger partial charge in [-0.2, -0.15) is 0 Å². The van der Waals surface area contributed by atoms with Crippen molar-refractivity contribution in [1.82, 2.24) is 9.80 Å². The minimum atomic E-state index is -0.745. The summed E-state index contributed by atoms with van der Waals surface area (Å²) in [5.41, 5.74) is 0.723. The fourth-order valence-corrected chi connectivity index (χ4v) is 5.38. The molecule has 0 fully saturated rings. The summed E-state index contributed by atoms with van der Waals surface area (Å²) in [6, 6.07) is 13.0. The molecule has 2 unspecified atom stereocenters. The first-order chi connectivity index (χ1) is 14.9. The first-order valence-corrected chi connectivity index (χ1v) is 11.5. The number of amides is 1. The van der Waals surface area contributed by atoms with Crippen LogP contribution in [0.25, 0.3) is 0 Å². The molecule has 0 saturated heterocycles. The van der Waals surface area contributed by atoms with Crippen LogP contribution in [0.4, 0.5) is 0 Å². The van der Waals surface area contributed by atoms with Crippen LogP contribution >= 0.6 is 22.7 Å². The van der Waals surface area contributed by atoms with Crippen LogP contribution in [0.15, 0.2) is 70.6 Å². The van der Waals surface area contributed by atoms with Crippen LogP contribution in [0.2, 0.25) is 0 Å². The minimum Gasteiger partial charge on any atom is -0.508 e. The van der Waals surface area contributed by atoms with Gasteiger partial charge in [-0.05, 0) is 54.7 Å². The summed E-state index contributed by atoms with van der Waals surface area (Å²) >= 11 is 2.86. The van der Waals surface area contributed by atoms with Crippen LogP contribution in [0.1, 0.15) is 32.2 Å². The summed E-state index contributed by atoms with van der Waals surface area (Å²) < 4.78 is 0. The third-order valence-electron chi connectivity index (χ3n) is 5.37. The zero-order chi connectivity index (χ0) is 22.1. The molecular formula is C23H22N2O4S2. The molecule has 1 aliphatic rings. The van der Waals surface area contributed by atoms with Crippen LogP contribution in [0.5, 0.6) is 5.75 Å². The maximum absolute atomic E-state index is 13.3. The van der Waals surface area contributed by atoms with Gasteiger partial charge < -0.3 is 20.0 Å². The molecular weight excluding hydrogens is 432 g/mol. The molecule has 8 heteroatoms. The molecule has 4 rings (SSSR count). The van der Waals surface area contributed by atoms with Crippen molar-refractivity contribution < 1.29 is 19.8 Å². The number of benzene rings is 1. The largest absolute Gasteiger partial charge is 0.508 e. The highest BCUT2D eigenvalue weighted by Gasteiger charge is 2.45. The van der Waals surface area contributed by atoms with E-state index in [1.807, 2.05) is 36.5 Å². The van der Waals surface area contributed by atoms with Gasteiger partial charge in [0, 0.05) is 11.4 Å². The van der Waals surface area contributed by atoms with Gasteiger partial charge in [0.25, 0.3) is 5.91 Å². The number of aliphatic hydroxyl groups excluding tert-OH is 1. The Morgan fingerprint density at radius 3 is 2.32 bits per heavy atom. The zero-order valence-corrected chi connectivity index (χ0v) is 18.7. The topological polar surface area (TPSA) is 81.1 Å². The van der Waals surface area contributed by atoms with Gasteiger partial charge in [0.05, 0.1) is 22.5 Å². The summed E-state index contributed by atoms with van der Waals surface area (Å²) in [4.78, 5) is 31.5. The summed E-state index contributed by atoms with van der Waals surface area (Å²) in [6.45, 7) is 0.295. The number of rotatable bonds is 7. The van der Waals surface area contributed by atoms with Crippen LogP contribution in [-0.2, 0) is 4.79 Å². The molecule has 0 bridgehead atoms. The Labute approximate surface area is 188 Å². The van der Waals surface area contributed by atoms with E-state index in [9.17, 15) is 19.8 Å². The van der Waals surface area contributed by atoms with E-state index in [0.29, 0.717) is 17.0 Å². The van der Waals surface area contributed by atoms with Gasteiger partial charge in [0.15, 0.2) is 5.76 Å². The SMILES string of the molecule is CN(C)C(CN1C(=O)C(O)=C(C(=O)c2cccs2)C1c1ccc(O)cc1)c1cccs1. The molecule has 3 aromatic rings. The Morgan fingerprint density at radius 1 is 1.06 bits per heavy atom. The van der Waals surface area contributed by atoms with Crippen molar-refractivity contribution in [3.05, 3.63) is 85.9 Å². The van der Waals surface area contributed by atoms with Crippen LogP contribution < -0.4 is 0 Å². The molecule has 6 nitrogen and oxygen atoms in total. The molecule has 2 atom stereocenters. The average molecular weight is 455 g/mol. The highest BCUT2D eigenvalue weighted by Crippen LogP contribution is 2.41. The highest BCUT2D eigenvalue weighted by atomic mass is 32.1. The van der Waals surface area contributed by atoms with Crippen molar-refractivity contribution in [3.63, 3.8) is 0 Å². The van der Waals surface area contributed by atoms with E-state index in [1.54, 1.807) is 45.9 Å². The van der Waals surface area contributed by atoms with Crippen LogP contribution in [0, 0.1) is 0 Å². The van der Waals surface area contributed by atoms with Gasteiger partial charge in [0.1, 0.15) is 5.75 Å². The van der Waals surface area contributed by atoms with Crippen molar-refractivity contribution in [2.45, 2.75) is 12.1 Å². The van der Waals surface area contributed by atoms with E-state index in [0.717, 1.165) is 4.88 Å². The maximum atomic E-state index is 13.3. The van der Waals surface area contributed by atoms with Crippen molar-refractivity contribution in [2.24, 2.45) is 0 Å². The van der Waals surface area contributed by atoms with E-state index in [4.69, 9.17) is 0 Å². The van der Waals surface area contributed by atoms with Gasteiger partial charge in [-0.25, -0.2) is 0 Å². The fourth-order valence-electron chi connectivity index (χ4n) is 3.79. The van der Waals surface area contributed by atoms with Crippen molar-refractivity contribution >= 4 is 34.4 Å². The van der Waals surface area contributed by atoms with Crippen molar-refractivity contribution in [1.29, 1.82) is 0 Å². The number of aliphatic hydroxyl groups is 1. The number of ketones is 1. The van der Waals surface area contributed by atoms with Gasteiger partial charge in [0.2, 0.25) is 5.78 Å². The number of hydrogen-bond donors (Lipinski definition) is 2. The number of phenolic OH excluding ortho intramolecular Hbond substituents is 1. The third-order valence-corrected chi connectivity index (χ3v) is 7.21. The minimum absolute atomic E-state index is 0.0711. The van der Waals surface area contributed by atoms with Gasteiger partial charge in [-0.3, -0.25) is 9.59 Å². The lowest BCUT2D eigenvalue weighted by Crippen LogP contribution is -2.38. The number of nitrogens with zero attached hydrogens (tertiary/aromatic N) is 2. The zero-order valence-electron chi connectivity index (χ0n) is 17.1. The van der Waals surface area contributed by atoms with E-state index in [2.05, 4.69) is 0 Å². The summed E-state index contributed by atoms with van der Waals surface area (Å²) in [7, 11) is 3.87. The molecule has 1 aliphatic heterocycles. The lowest BCUT2D eigenvalue weighted by Gasteiger charge is -2.33. The fraction of sp³-hybridized carbons (Fsp3) is 0.217. The lowest BCUT2D eigenvalue weighted by atomic mass is 9.95. The second-order valence-corrected chi connectivity index (χ2v) is 9.44. The van der Waals surface area contributed by atoms with Gasteiger partial charge in [-0.1, -0.05) is 24.3 Å². The lowest BCUT2D eigenvalue weighted by molar-refractivity contribution is -0.130. The van der Waals surface area contributed by atoms with Gasteiger partial charge >= 0.3 is 0 Å². The van der Waals surface area contributed by atoms with Crippen LogP contribution in [-0.4, -0.2) is 52.3 Å². The Morgan fingerprint density at radius 2 is 1.74 bits per heavy atom. The molecule has 1 aromatic carbocycles. The smallest absolute Gasteiger partial charge is 0.290 e. The molecule has 160 valence electrons. The van der Waals surface area contributed by atoms with Crippen molar-refractivity contribution in [2.75, 3.05) is 20.6 Å². The monoisotopic (exact) mass is 454 g/mol. The maximum Gasteiger partial charge on any atom is 0.290 e. The van der Waals surface area contributed by atoms with E-state index in [-0.39, 0.29) is 23.1 Å². The summed E-state index contributed by atoms with van der Waals surface area (Å²) in [5.74, 6) is -1.36. The molecule has 0 radical (unpaired) electrons. The molecule has 0 saturated carbocycles. The third kappa shape index (κ3) is 4.01. The second kappa shape index (κ2) is 8.66. The quantitative estimate of drug-likeness (QED) is 0.518. The van der Waals surface area contributed by atoms with E-state index < -0.39 is 17.7 Å². The number of aromatic hydroxyl groups is 1. The Hall–Kier alpha value is -2.94. The molecule has 2 aromatic heterocycles. The number of phenols is 1. The number of thiophene rings is 2. The summed E-state index contributed by atoms with van der Waals surface area (Å²) in [6.07, 6.45) is 0. The number of likely N-dealkylation sites (N-methyl/N-ethyl adjacent to an activating group) is 1. The normalized spacial score (nSPS) is 17.6. The molecule has 0 spiro atoms. The van der Waals surface area contributed by atoms with E-state index in [1.165, 1.54) is 23.5 Å². The number of carbonyl (C=O) groups excluding carboxylic acids is 2. The van der Waals surface area contributed by atoms with Gasteiger partial charge in [-0.15, -0.1) is 22.7 Å². The number of carbonyl (C=O) groups is 2.